The Kier molecular flexibility index (Phi) is 3.40. The molecule has 0 unspecified atom stereocenters. The standard InChI is InChI=1S/C3H7O6PS/c4-10(5,6)2-1-3-11(7,8)9/h1-2H,3H2,(H2,4,5,6)(H,7,8,9)/b2-1+. The molecule has 0 atom stereocenters. The second-order valence-electron chi connectivity index (χ2n) is 1.72. The minimum atomic E-state index is -4.31. The third-order valence-electron chi connectivity index (χ3n) is 0.606. The molecule has 0 fully saturated rings. The summed E-state index contributed by atoms with van der Waals surface area (Å²) in [4.78, 5) is 16.3. The molecule has 0 amide bonds. The van der Waals surface area contributed by atoms with Gasteiger partial charge in [0.1, 0.15) is 0 Å². The summed E-state index contributed by atoms with van der Waals surface area (Å²) in [6.07, 6.45) is 0.691. The highest BCUT2D eigenvalue weighted by Gasteiger charge is 2.07. The zero-order chi connectivity index (χ0) is 9.12. The lowest BCUT2D eigenvalue weighted by atomic mass is 10.8. The summed E-state index contributed by atoms with van der Waals surface area (Å²) < 4.78 is 38.1. The molecule has 0 aromatic heterocycles. The van der Waals surface area contributed by atoms with E-state index >= 15 is 0 Å². The van der Waals surface area contributed by atoms with Crippen molar-refractivity contribution in [3.63, 3.8) is 0 Å². The molecule has 6 nitrogen and oxygen atoms in total. The summed E-state index contributed by atoms with van der Waals surface area (Å²) in [5, 5.41) is 0. The first-order chi connectivity index (χ1) is 4.71. The molecular weight excluding hydrogens is 195 g/mol. The van der Waals surface area contributed by atoms with E-state index in [-0.39, 0.29) is 0 Å². The molecule has 0 heterocycles. The van der Waals surface area contributed by atoms with Gasteiger partial charge in [-0.2, -0.15) is 8.42 Å². The van der Waals surface area contributed by atoms with Gasteiger partial charge in [-0.15, -0.1) is 0 Å². The van der Waals surface area contributed by atoms with Crippen molar-refractivity contribution in [2.45, 2.75) is 0 Å². The molecule has 0 saturated heterocycles. The van der Waals surface area contributed by atoms with Gasteiger partial charge in [-0.1, -0.05) is 6.08 Å². The molecule has 11 heavy (non-hydrogen) atoms. The fraction of sp³-hybridized carbons (Fsp3) is 0.333. The molecule has 0 aromatic rings. The van der Waals surface area contributed by atoms with Crippen LogP contribution < -0.4 is 0 Å². The van der Waals surface area contributed by atoms with E-state index in [9.17, 15) is 13.0 Å². The molecule has 0 aliphatic heterocycles. The van der Waals surface area contributed by atoms with Crippen molar-refractivity contribution in [2.24, 2.45) is 0 Å². The Morgan fingerprint density at radius 1 is 1.36 bits per heavy atom. The van der Waals surface area contributed by atoms with Crippen molar-refractivity contribution < 1.29 is 27.3 Å². The lowest BCUT2D eigenvalue weighted by Crippen LogP contribution is -1.99. The summed E-state index contributed by atoms with van der Waals surface area (Å²) >= 11 is 0. The van der Waals surface area contributed by atoms with Crippen LogP contribution in [0.4, 0.5) is 0 Å². The fourth-order valence-corrected chi connectivity index (χ4v) is 1.16. The van der Waals surface area contributed by atoms with Crippen molar-refractivity contribution in [2.75, 3.05) is 5.75 Å². The molecular formula is C3H7O6PS. The highest BCUT2D eigenvalue weighted by Crippen LogP contribution is 2.35. The van der Waals surface area contributed by atoms with E-state index in [2.05, 4.69) is 0 Å². The molecule has 0 rings (SSSR count). The van der Waals surface area contributed by atoms with Crippen LogP contribution in [-0.4, -0.2) is 28.5 Å². The van der Waals surface area contributed by atoms with E-state index < -0.39 is 23.5 Å². The average molecular weight is 202 g/mol. The number of rotatable bonds is 3. The van der Waals surface area contributed by atoms with E-state index in [1.54, 1.807) is 0 Å². The largest absolute Gasteiger partial charge is 0.348 e. The van der Waals surface area contributed by atoms with Crippen LogP contribution in [0.2, 0.25) is 0 Å². The Bertz CT molecular complexity index is 283. The molecule has 0 spiro atoms. The van der Waals surface area contributed by atoms with Crippen molar-refractivity contribution >= 4 is 17.7 Å². The van der Waals surface area contributed by atoms with Gasteiger partial charge in [0.15, 0.2) is 0 Å². The first kappa shape index (κ1) is 10.8. The zero-order valence-electron chi connectivity index (χ0n) is 5.28. The second-order valence-corrected chi connectivity index (χ2v) is 4.70. The Morgan fingerprint density at radius 2 is 1.82 bits per heavy atom. The topological polar surface area (TPSA) is 112 Å². The molecule has 0 aliphatic carbocycles. The van der Waals surface area contributed by atoms with Crippen LogP contribution in [0.25, 0.3) is 0 Å². The summed E-state index contributed by atoms with van der Waals surface area (Å²) in [6, 6.07) is 0. The lowest BCUT2D eigenvalue weighted by Gasteiger charge is -1.92. The van der Waals surface area contributed by atoms with Crippen LogP contribution in [0.3, 0.4) is 0 Å². The van der Waals surface area contributed by atoms with E-state index in [0.29, 0.717) is 11.9 Å². The Hall–Kier alpha value is -0.200. The average Bonchev–Trinajstić information content (AvgIpc) is 1.55. The van der Waals surface area contributed by atoms with Gasteiger partial charge in [-0.3, -0.25) is 9.12 Å². The van der Waals surface area contributed by atoms with Gasteiger partial charge < -0.3 is 9.79 Å². The van der Waals surface area contributed by atoms with Crippen molar-refractivity contribution in [1.29, 1.82) is 0 Å². The van der Waals surface area contributed by atoms with E-state index in [4.69, 9.17) is 14.3 Å². The maximum atomic E-state index is 10.0. The molecule has 66 valence electrons. The highest BCUT2D eigenvalue weighted by molar-refractivity contribution is 7.85. The van der Waals surface area contributed by atoms with Gasteiger partial charge in [0, 0.05) is 5.82 Å². The maximum absolute atomic E-state index is 10.0. The van der Waals surface area contributed by atoms with Gasteiger partial charge in [0.2, 0.25) is 0 Å². The SMILES string of the molecule is O=P(O)(O)/C=C/CS(=O)(=O)O. The van der Waals surface area contributed by atoms with Crippen LogP contribution in [0.1, 0.15) is 0 Å². The number of hydrogen-bond donors (Lipinski definition) is 3. The van der Waals surface area contributed by atoms with E-state index in [1.165, 1.54) is 0 Å². The predicted molar refractivity (Wildman–Crippen MR) is 37.6 cm³/mol. The van der Waals surface area contributed by atoms with Crippen molar-refractivity contribution in [3.05, 3.63) is 11.9 Å². The number of hydrogen-bond acceptors (Lipinski definition) is 3. The van der Waals surface area contributed by atoms with Gasteiger partial charge in [0.25, 0.3) is 10.1 Å². The lowest BCUT2D eigenvalue weighted by molar-refractivity contribution is 0.386. The smallest absolute Gasteiger partial charge is 0.321 e. The third kappa shape index (κ3) is 9.80. The molecule has 0 aromatic carbocycles. The Balaban J connectivity index is 4.12. The van der Waals surface area contributed by atoms with Crippen molar-refractivity contribution in [3.8, 4) is 0 Å². The van der Waals surface area contributed by atoms with E-state index in [1.807, 2.05) is 0 Å². The third-order valence-corrected chi connectivity index (χ3v) is 1.82. The monoisotopic (exact) mass is 202 g/mol. The fourth-order valence-electron chi connectivity index (χ4n) is 0.302. The maximum Gasteiger partial charge on any atom is 0.348 e. The van der Waals surface area contributed by atoms with Crippen LogP contribution in [0.15, 0.2) is 11.9 Å². The summed E-state index contributed by atoms with van der Waals surface area (Å²) in [5.74, 6) is -0.376. The van der Waals surface area contributed by atoms with Crippen molar-refractivity contribution in [1.82, 2.24) is 0 Å². The highest BCUT2D eigenvalue weighted by atomic mass is 32.2. The minimum absolute atomic E-state index is 0.417. The van der Waals surface area contributed by atoms with Gasteiger partial charge in [-0.25, -0.2) is 0 Å². The van der Waals surface area contributed by atoms with Crippen LogP contribution in [0, 0.1) is 0 Å². The van der Waals surface area contributed by atoms with Crippen LogP contribution in [0.5, 0.6) is 0 Å². The molecule has 8 heteroatoms. The van der Waals surface area contributed by atoms with E-state index in [0.717, 1.165) is 0 Å². The normalized spacial score (nSPS) is 14.1. The molecule has 0 radical (unpaired) electrons. The molecule has 0 saturated carbocycles. The summed E-state index contributed by atoms with van der Waals surface area (Å²) in [5.41, 5.74) is 0. The molecule has 3 N–H and O–H groups in total. The van der Waals surface area contributed by atoms with Crippen LogP contribution in [-0.2, 0) is 14.7 Å². The Labute approximate surface area is 63.5 Å². The quantitative estimate of drug-likeness (QED) is 0.422. The summed E-state index contributed by atoms with van der Waals surface area (Å²) in [6.45, 7) is 0. The van der Waals surface area contributed by atoms with Gasteiger partial charge in [0.05, 0.1) is 5.75 Å². The second kappa shape index (κ2) is 3.46. The van der Waals surface area contributed by atoms with Gasteiger partial charge in [-0.05, 0) is 0 Å². The zero-order valence-corrected chi connectivity index (χ0v) is 6.99. The molecule has 0 bridgehead atoms. The predicted octanol–water partition coefficient (Wildman–Crippen LogP) is -0.434. The molecule has 0 aliphatic rings. The van der Waals surface area contributed by atoms with Gasteiger partial charge >= 0.3 is 7.60 Å². The first-order valence-electron chi connectivity index (χ1n) is 2.39. The Morgan fingerprint density at radius 3 is 2.09 bits per heavy atom. The summed E-state index contributed by atoms with van der Waals surface area (Å²) in [7, 11) is -8.48. The minimum Gasteiger partial charge on any atom is -0.321 e. The van der Waals surface area contributed by atoms with Crippen LogP contribution >= 0.6 is 7.60 Å². The first-order valence-corrected chi connectivity index (χ1v) is 5.68.